The topological polar surface area (TPSA) is 79.7 Å². The number of nitrogens with one attached hydrogen (secondary N) is 1. The van der Waals surface area contributed by atoms with Crippen LogP contribution in [0.3, 0.4) is 0 Å². The van der Waals surface area contributed by atoms with Crippen molar-refractivity contribution >= 4 is 11.8 Å². The van der Waals surface area contributed by atoms with Crippen LogP contribution < -0.4 is 10.1 Å². The summed E-state index contributed by atoms with van der Waals surface area (Å²) in [5.41, 5.74) is 0.337. The first-order valence-electron chi connectivity index (χ1n) is 6.59. The number of aryl methyl sites for hydroxylation is 1. The second-order valence-electron chi connectivity index (χ2n) is 5.04. The number of hydrogen-bond donors (Lipinski definition) is 1. The van der Waals surface area contributed by atoms with Gasteiger partial charge in [0.2, 0.25) is 11.8 Å². The molecule has 0 radical (unpaired) electrons. The molecule has 0 fully saturated rings. The van der Waals surface area contributed by atoms with Gasteiger partial charge in [-0.25, -0.2) is 0 Å². The van der Waals surface area contributed by atoms with E-state index in [1.54, 1.807) is 20.3 Å². The minimum absolute atomic E-state index is 0.00961. The number of likely N-dealkylation sites (N-methyl/N-ethyl adjacent to an activating group) is 2. The molecule has 1 rings (SSSR count). The summed E-state index contributed by atoms with van der Waals surface area (Å²) < 4.78 is 6.55. The third kappa shape index (κ3) is 5.07. The Hall–Kier alpha value is -2.09. The molecule has 1 heterocycles. The maximum Gasteiger partial charge on any atom is 0.261 e. The van der Waals surface area contributed by atoms with Crippen molar-refractivity contribution in [2.24, 2.45) is 7.05 Å². The Labute approximate surface area is 124 Å². The van der Waals surface area contributed by atoms with Crippen molar-refractivity contribution in [3.8, 4) is 5.88 Å². The van der Waals surface area contributed by atoms with Crippen molar-refractivity contribution in [1.29, 1.82) is 0 Å². The summed E-state index contributed by atoms with van der Waals surface area (Å²) in [5.74, 6) is -0.249. The summed E-state index contributed by atoms with van der Waals surface area (Å²) in [6.07, 6.45) is 1.57. The number of amides is 2. The second kappa shape index (κ2) is 7.63. The molecule has 21 heavy (non-hydrogen) atoms. The highest BCUT2D eigenvalue weighted by Gasteiger charge is 2.21. The normalized spacial score (nSPS) is 10.6. The number of aromatic nitrogens is 2. The van der Waals surface area contributed by atoms with Crippen LogP contribution in [-0.4, -0.2) is 79.3 Å². The van der Waals surface area contributed by atoms with Gasteiger partial charge in [-0.15, -0.1) is 5.10 Å². The Balaban J connectivity index is 2.56. The standard InChI is InChI=1S/C13H23N5O3/c1-16(2)7-6-14-11(19)9-17(3)13(20)10-8-18(4)15-12(10)21-5/h8H,6-7,9H2,1-5H3,(H,14,19). The third-order valence-corrected chi connectivity index (χ3v) is 2.83. The molecule has 0 aliphatic heterocycles. The molecule has 0 saturated heterocycles. The maximum absolute atomic E-state index is 12.3. The molecule has 1 N–H and O–H groups in total. The molecule has 0 unspecified atom stereocenters. The molecule has 2 amide bonds. The molecule has 0 atom stereocenters. The Kier molecular flexibility index (Phi) is 6.16. The molecule has 0 aromatic carbocycles. The first kappa shape index (κ1) is 17.0. The monoisotopic (exact) mass is 297 g/mol. The zero-order chi connectivity index (χ0) is 16.0. The van der Waals surface area contributed by atoms with Gasteiger partial charge in [-0.1, -0.05) is 0 Å². The average Bonchev–Trinajstić information content (AvgIpc) is 2.78. The van der Waals surface area contributed by atoms with Crippen LogP contribution in [0.5, 0.6) is 5.88 Å². The lowest BCUT2D eigenvalue weighted by Gasteiger charge is -2.17. The lowest BCUT2D eigenvalue weighted by Crippen LogP contribution is -2.40. The van der Waals surface area contributed by atoms with Crippen LogP contribution in [-0.2, 0) is 11.8 Å². The maximum atomic E-state index is 12.3. The van der Waals surface area contributed by atoms with E-state index in [0.29, 0.717) is 12.1 Å². The summed E-state index contributed by atoms with van der Waals surface area (Å²) in [5, 5.41) is 6.78. The predicted octanol–water partition coefficient (Wildman–Crippen LogP) is -0.821. The van der Waals surface area contributed by atoms with Crippen molar-refractivity contribution in [2.45, 2.75) is 0 Å². The summed E-state index contributed by atoms with van der Waals surface area (Å²) in [4.78, 5) is 27.3. The van der Waals surface area contributed by atoms with Gasteiger partial charge in [0.15, 0.2) is 0 Å². The molecular formula is C13H23N5O3. The largest absolute Gasteiger partial charge is 0.479 e. The van der Waals surface area contributed by atoms with E-state index < -0.39 is 0 Å². The van der Waals surface area contributed by atoms with Gasteiger partial charge in [-0.2, -0.15) is 0 Å². The fourth-order valence-corrected chi connectivity index (χ4v) is 1.73. The van der Waals surface area contributed by atoms with Crippen LogP contribution in [0.1, 0.15) is 10.4 Å². The van der Waals surface area contributed by atoms with Crippen molar-refractivity contribution in [3.05, 3.63) is 11.8 Å². The van der Waals surface area contributed by atoms with E-state index >= 15 is 0 Å². The molecule has 8 heteroatoms. The zero-order valence-electron chi connectivity index (χ0n) is 13.2. The quantitative estimate of drug-likeness (QED) is 0.711. The van der Waals surface area contributed by atoms with Crippen molar-refractivity contribution in [3.63, 3.8) is 0 Å². The molecule has 8 nitrogen and oxygen atoms in total. The van der Waals surface area contributed by atoms with Gasteiger partial charge in [-0.3, -0.25) is 14.3 Å². The van der Waals surface area contributed by atoms with Gasteiger partial charge in [0.25, 0.3) is 5.91 Å². The minimum Gasteiger partial charge on any atom is -0.479 e. The average molecular weight is 297 g/mol. The summed E-state index contributed by atoms with van der Waals surface area (Å²) in [6, 6.07) is 0. The Bertz CT molecular complexity index is 498. The van der Waals surface area contributed by atoms with E-state index in [4.69, 9.17) is 4.74 Å². The number of nitrogens with zero attached hydrogens (tertiary/aromatic N) is 4. The lowest BCUT2D eigenvalue weighted by molar-refractivity contribution is -0.121. The SMILES string of the molecule is COc1nn(C)cc1C(=O)N(C)CC(=O)NCCN(C)C. The smallest absolute Gasteiger partial charge is 0.261 e. The Morgan fingerprint density at radius 1 is 1.38 bits per heavy atom. The van der Waals surface area contributed by atoms with Crippen molar-refractivity contribution < 1.29 is 14.3 Å². The van der Waals surface area contributed by atoms with Gasteiger partial charge in [0, 0.05) is 33.4 Å². The van der Waals surface area contributed by atoms with E-state index in [-0.39, 0.29) is 24.2 Å². The molecule has 0 aliphatic carbocycles. The molecular weight excluding hydrogens is 274 g/mol. The van der Waals surface area contributed by atoms with Gasteiger partial charge >= 0.3 is 0 Å². The Morgan fingerprint density at radius 3 is 2.62 bits per heavy atom. The fourth-order valence-electron chi connectivity index (χ4n) is 1.73. The molecule has 0 spiro atoms. The van der Waals surface area contributed by atoms with Gasteiger partial charge < -0.3 is 19.9 Å². The van der Waals surface area contributed by atoms with Gasteiger partial charge in [0.05, 0.1) is 13.7 Å². The number of carbonyl (C=O) groups is 2. The predicted molar refractivity (Wildman–Crippen MR) is 78.3 cm³/mol. The highest BCUT2D eigenvalue weighted by atomic mass is 16.5. The third-order valence-electron chi connectivity index (χ3n) is 2.83. The number of ether oxygens (including phenoxy) is 1. The first-order valence-corrected chi connectivity index (χ1v) is 6.59. The fraction of sp³-hybridized carbons (Fsp3) is 0.615. The Morgan fingerprint density at radius 2 is 2.05 bits per heavy atom. The van der Waals surface area contributed by atoms with Crippen LogP contribution in [0, 0.1) is 0 Å². The van der Waals surface area contributed by atoms with Gasteiger partial charge in [-0.05, 0) is 14.1 Å². The van der Waals surface area contributed by atoms with E-state index in [2.05, 4.69) is 10.4 Å². The minimum atomic E-state index is -0.303. The van der Waals surface area contributed by atoms with E-state index in [0.717, 1.165) is 6.54 Å². The highest BCUT2D eigenvalue weighted by molar-refractivity contribution is 5.98. The zero-order valence-corrected chi connectivity index (χ0v) is 13.2. The number of methoxy groups -OCH3 is 1. The molecule has 0 aliphatic rings. The molecule has 0 saturated carbocycles. The van der Waals surface area contributed by atoms with Crippen molar-refractivity contribution in [2.75, 3.05) is 47.9 Å². The molecule has 118 valence electrons. The van der Waals surface area contributed by atoms with Crippen LogP contribution in [0.2, 0.25) is 0 Å². The molecule has 1 aromatic rings. The van der Waals surface area contributed by atoms with Crippen LogP contribution in [0.25, 0.3) is 0 Å². The second-order valence-corrected chi connectivity index (χ2v) is 5.04. The number of carbonyl (C=O) groups excluding carboxylic acids is 2. The highest BCUT2D eigenvalue weighted by Crippen LogP contribution is 2.16. The van der Waals surface area contributed by atoms with Gasteiger partial charge in [0.1, 0.15) is 5.56 Å². The summed E-state index contributed by atoms with van der Waals surface area (Å²) in [7, 11) is 8.58. The number of rotatable bonds is 7. The number of hydrogen-bond acceptors (Lipinski definition) is 5. The van der Waals surface area contributed by atoms with E-state index in [9.17, 15) is 9.59 Å². The van der Waals surface area contributed by atoms with Crippen LogP contribution in [0.4, 0.5) is 0 Å². The van der Waals surface area contributed by atoms with E-state index in [1.807, 2.05) is 19.0 Å². The summed E-state index contributed by atoms with van der Waals surface area (Å²) >= 11 is 0. The van der Waals surface area contributed by atoms with E-state index in [1.165, 1.54) is 16.7 Å². The molecule has 0 bridgehead atoms. The summed E-state index contributed by atoms with van der Waals surface area (Å²) in [6.45, 7) is 1.29. The van der Waals surface area contributed by atoms with Crippen LogP contribution in [0.15, 0.2) is 6.20 Å². The first-order chi connectivity index (χ1) is 9.85. The van der Waals surface area contributed by atoms with Crippen LogP contribution >= 0.6 is 0 Å². The van der Waals surface area contributed by atoms with Crippen molar-refractivity contribution in [1.82, 2.24) is 24.9 Å². The lowest BCUT2D eigenvalue weighted by atomic mass is 10.3. The molecule has 1 aromatic heterocycles.